The quantitative estimate of drug-likeness (QED) is 0.436. The van der Waals surface area contributed by atoms with Gasteiger partial charge in [0.2, 0.25) is 0 Å². The SMILES string of the molecule is NNc1ccc(-n2c3ccccc3c3ccccc32)nn1. The number of hydrogen-bond donors (Lipinski definition) is 2. The third kappa shape index (κ3) is 1.75. The molecule has 3 N–H and O–H groups in total. The summed E-state index contributed by atoms with van der Waals surface area (Å²) in [6.45, 7) is 0. The van der Waals surface area contributed by atoms with Gasteiger partial charge in [-0.25, -0.2) is 5.84 Å². The molecule has 0 saturated carbocycles. The topological polar surface area (TPSA) is 68.8 Å². The first-order valence-electron chi connectivity index (χ1n) is 6.67. The van der Waals surface area contributed by atoms with Crippen molar-refractivity contribution >= 4 is 27.6 Å². The maximum Gasteiger partial charge on any atom is 0.162 e. The van der Waals surface area contributed by atoms with Crippen LogP contribution in [0.4, 0.5) is 5.82 Å². The van der Waals surface area contributed by atoms with Crippen LogP contribution in [0.5, 0.6) is 0 Å². The Bertz CT molecular complexity index is 871. The molecule has 0 amide bonds. The highest BCUT2D eigenvalue weighted by atomic mass is 15.3. The van der Waals surface area contributed by atoms with E-state index in [4.69, 9.17) is 5.84 Å². The van der Waals surface area contributed by atoms with Gasteiger partial charge in [0.05, 0.1) is 11.0 Å². The molecule has 2 heterocycles. The molecule has 0 unspecified atom stereocenters. The molecule has 0 aliphatic carbocycles. The molecule has 102 valence electrons. The van der Waals surface area contributed by atoms with Crippen molar-refractivity contribution < 1.29 is 0 Å². The fraction of sp³-hybridized carbons (Fsp3) is 0. The highest BCUT2D eigenvalue weighted by molar-refractivity contribution is 6.08. The molecule has 0 atom stereocenters. The Hall–Kier alpha value is -2.92. The van der Waals surface area contributed by atoms with Crippen LogP contribution in [0.25, 0.3) is 27.6 Å². The maximum absolute atomic E-state index is 5.34. The van der Waals surface area contributed by atoms with Crippen LogP contribution >= 0.6 is 0 Å². The lowest BCUT2D eigenvalue weighted by atomic mass is 10.2. The standard InChI is InChI=1S/C16H13N5/c17-18-15-9-10-16(20-19-15)21-13-7-3-1-5-11(13)12-6-2-4-8-14(12)21/h1-10H,17H2,(H,18,19). The molecule has 0 radical (unpaired) electrons. The average molecular weight is 275 g/mol. The molecule has 0 bridgehead atoms. The number of nitrogens with two attached hydrogens (primary N) is 1. The number of nitrogens with zero attached hydrogens (tertiary/aromatic N) is 3. The number of para-hydroxylation sites is 2. The van der Waals surface area contributed by atoms with Crippen LogP contribution in [0.1, 0.15) is 0 Å². The van der Waals surface area contributed by atoms with Crippen molar-refractivity contribution in [2.45, 2.75) is 0 Å². The number of fused-ring (bicyclic) bond motifs is 3. The Labute approximate surface area is 121 Å². The predicted octanol–water partition coefficient (Wildman–Crippen LogP) is 2.86. The largest absolute Gasteiger partial charge is 0.307 e. The molecule has 0 saturated heterocycles. The number of aromatic nitrogens is 3. The molecule has 0 fully saturated rings. The van der Waals surface area contributed by atoms with E-state index in [-0.39, 0.29) is 0 Å². The van der Waals surface area contributed by atoms with Crippen LogP contribution in [-0.2, 0) is 0 Å². The predicted molar refractivity (Wildman–Crippen MR) is 84.2 cm³/mol. The molecular formula is C16H13N5. The van der Waals surface area contributed by atoms with Crippen LogP contribution in [0, 0.1) is 0 Å². The number of hydrogen-bond acceptors (Lipinski definition) is 4. The first-order valence-corrected chi connectivity index (χ1v) is 6.67. The van der Waals surface area contributed by atoms with E-state index >= 15 is 0 Å². The van der Waals surface area contributed by atoms with Gasteiger partial charge in [-0.3, -0.25) is 4.57 Å². The van der Waals surface area contributed by atoms with Crippen molar-refractivity contribution in [3.63, 3.8) is 0 Å². The van der Waals surface area contributed by atoms with Gasteiger partial charge in [0.15, 0.2) is 11.6 Å². The molecule has 0 aliphatic heterocycles. The fourth-order valence-electron chi connectivity index (χ4n) is 2.69. The van der Waals surface area contributed by atoms with Gasteiger partial charge >= 0.3 is 0 Å². The Morgan fingerprint density at radius 1 is 0.762 bits per heavy atom. The summed E-state index contributed by atoms with van der Waals surface area (Å²) in [7, 11) is 0. The van der Waals surface area contributed by atoms with Gasteiger partial charge < -0.3 is 5.43 Å². The Morgan fingerprint density at radius 3 is 1.90 bits per heavy atom. The minimum absolute atomic E-state index is 0.541. The second-order valence-electron chi connectivity index (χ2n) is 4.79. The third-order valence-corrected chi connectivity index (χ3v) is 3.61. The zero-order chi connectivity index (χ0) is 14.2. The second-order valence-corrected chi connectivity index (χ2v) is 4.79. The van der Waals surface area contributed by atoms with E-state index in [2.05, 4.69) is 44.5 Å². The van der Waals surface area contributed by atoms with Crippen LogP contribution in [0.15, 0.2) is 60.7 Å². The Kier molecular flexibility index (Phi) is 2.58. The molecule has 2 aromatic carbocycles. The number of anilines is 1. The lowest BCUT2D eigenvalue weighted by Crippen LogP contribution is -2.10. The first kappa shape index (κ1) is 11.9. The maximum atomic E-state index is 5.34. The van der Waals surface area contributed by atoms with Gasteiger partial charge in [0.1, 0.15) is 0 Å². The van der Waals surface area contributed by atoms with Gasteiger partial charge in [0, 0.05) is 10.8 Å². The Balaban J connectivity index is 2.09. The summed E-state index contributed by atoms with van der Waals surface area (Å²) in [4.78, 5) is 0. The molecule has 4 rings (SSSR count). The van der Waals surface area contributed by atoms with Gasteiger partial charge in [-0.1, -0.05) is 36.4 Å². The average Bonchev–Trinajstić information content (AvgIpc) is 2.90. The number of rotatable bonds is 2. The zero-order valence-corrected chi connectivity index (χ0v) is 11.2. The monoisotopic (exact) mass is 275 g/mol. The third-order valence-electron chi connectivity index (χ3n) is 3.61. The molecule has 4 aromatic rings. The summed E-state index contributed by atoms with van der Waals surface area (Å²) < 4.78 is 2.11. The van der Waals surface area contributed by atoms with E-state index in [1.165, 1.54) is 10.8 Å². The summed E-state index contributed by atoms with van der Waals surface area (Å²) >= 11 is 0. The van der Waals surface area contributed by atoms with Crippen LogP contribution in [0.2, 0.25) is 0 Å². The van der Waals surface area contributed by atoms with E-state index in [0.29, 0.717) is 5.82 Å². The molecular weight excluding hydrogens is 262 g/mol. The lowest BCUT2D eigenvalue weighted by Gasteiger charge is -2.06. The summed E-state index contributed by atoms with van der Waals surface area (Å²) in [6.07, 6.45) is 0. The Morgan fingerprint density at radius 2 is 1.38 bits per heavy atom. The van der Waals surface area contributed by atoms with Crippen LogP contribution in [0.3, 0.4) is 0 Å². The van der Waals surface area contributed by atoms with Crippen molar-refractivity contribution in [2.24, 2.45) is 5.84 Å². The highest BCUT2D eigenvalue weighted by Gasteiger charge is 2.12. The number of benzene rings is 2. The van der Waals surface area contributed by atoms with Crippen LogP contribution in [-0.4, -0.2) is 14.8 Å². The van der Waals surface area contributed by atoms with Crippen molar-refractivity contribution in [1.29, 1.82) is 0 Å². The minimum Gasteiger partial charge on any atom is -0.307 e. The van der Waals surface area contributed by atoms with Gasteiger partial charge in [-0.05, 0) is 24.3 Å². The molecule has 2 aromatic heterocycles. The van der Waals surface area contributed by atoms with Crippen molar-refractivity contribution in [2.75, 3.05) is 5.43 Å². The van der Waals surface area contributed by atoms with E-state index in [1.807, 2.05) is 36.4 Å². The van der Waals surface area contributed by atoms with Gasteiger partial charge in [-0.2, -0.15) is 0 Å². The zero-order valence-electron chi connectivity index (χ0n) is 11.2. The number of hydrazine groups is 1. The van der Waals surface area contributed by atoms with Crippen molar-refractivity contribution in [1.82, 2.24) is 14.8 Å². The van der Waals surface area contributed by atoms with E-state index in [0.717, 1.165) is 16.9 Å². The van der Waals surface area contributed by atoms with E-state index < -0.39 is 0 Å². The minimum atomic E-state index is 0.541. The van der Waals surface area contributed by atoms with Gasteiger partial charge in [0.25, 0.3) is 0 Å². The second kappa shape index (κ2) is 4.57. The van der Waals surface area contributed by atoms with E-state index in [1.54, 1.807) is 0 Å². The lowest BCUT2D eigenvalue weighted by molar-refractivity contribution is 0.950. The normalized spacial score (nSPS) is 11.1. The van der Waals surface area contributed by atoms with Crippen molar-refractivity contribution in [3.05, 3.63) is 60.7 Å². The summed E-state index contributed by atoms with van der Waals surface area (Å²) in [5.41, 5.74) is 4.72. The highest BCUT2D eigenvalue weighted by Crippen LogP contribution is 2.30. The van der Waals surface area contributed by atoms with Gasteiger partial charge in [-0.15, -0.1) is 10.2 Å². The van der Waals surface area contributed by atoms with Crippen LogP contribution < -0.4 is 11.3 Å². The smallest absolute Gasteiger partial charge is 0.162 e. The number of nitrogen functional groups attached to an aromatic ring is 1. The van der Waals surface area contributed by atoms with Crippen molar-refractivity contribution in [3.8, 4) is 5.82 Å². The first-order chi connectivity index (χ1) is 10.4. The molecule has 0 aliphatic rings. The summed E-state index contributed by atoms with van der Waals surface area (Å²) in [5.74, 6) is 6.65. The fourth-order valence-corrected chi connectivity index (χ4v) is 2.69. The molecule has 5 heteroatoms. The number of nitrogens with one attached hydrogen (secondary N) is 1. The summed E-state index contributed by atoms with van der Waals surface area (Å²) in [5, 5.41) is 10.7. The summed E-state index contributed by atoms with van der Waals surface area (Å²) in [6, 6.07) is 20.3. The molecule has 5 nitrogen and oxygen atoms in total. The van der Waals surface area contributed by atoms with E-state index in [9.17, 15) is 0 Å². The molecule has 21 heavy (non-hydrogen) atoms. The molecule has 0 spiro atoms.